The molecule has 0 bridgehead atoms. The van der Waals surface area contributed by atoms with Crippen LogP contribution in [-0.4, -0.2) is 18.4 Å². The number of carbonyl (C=O) groups excluding carboxylic acids is 1. The number of hydrogen-bond acceptors (Lipinski definition) is 2. The van der Waals surface area contributed by atoms with E-state index in [9.17, 15) is 9.18 Å². The summed E-state index contributed by atoms with van der Waals surface area (Å²) in [6, 6.07) is 8.18. The molecule has 0 unspecified atom stereocenters. The average Bonchev–Trinajstić information content (AvgIpc) is 2.91. The lowest BCUT2D eigenvalue weighted by atomic mass is 10.0. The second-order valence-corrected chi connectivity index (χ2v) is 5.40. The molecule has 1 heterocycles. The molecule has 22 heavy (non-hydrogen) atoms. The van der Waals surface area contributed by atoms with Crippen molar-refractivity contribution in [2.24, 2.45) is 0 Å². The van der Waals surface area contributed by atoms with Crippen LogP contribution >= 0.6 is 11.6 Å². The summed E-state index contributed by atoms with van der Waals surface area (Å²) in [5, 5.41) is 1.14. The Balaban J connectivity index is 2.31. The van der Waals surface area contributed by atoms with E-state index in [0.717, 1.165) is 17.4 Å². The minimum absolute atomic E-state index is 0.154. The first-order chi connectivity index (χ1) is 10.6. The van der Waals surface area contributed by atoms with E-state index < -0.39 is 5.82 Å². The molecule has 1 N–H and O–H groups in total. The molecule has 0 spiro atoms. The Morgan fingerprint density at radius 1 is 1.27 bits per heavy atom. The van der Waals surface area contributed by atoms with Gasteiger partial charge < -0.3 is 9.72 Å². The van der Waals surface area contributed by atoms with Gasteiger partial charge in [0.25, 0.3) is 0 Å². The number of nitrogens with one attached hydrogen (secondary N) is 1. The van der Waals surface area contributed by atoms with Crippen LogP contribution in [0.1, 0.15) is 15.9 Å². The van der Waals surface area contributed by atoms with Crippen LogP contribution in [0.25, 0.3) is 22.2 Å². The molecule has 0 radical (unpaired) electrons. The standard InChI is InChI=1S/C17H13ClFNO2/c1-9-3-5-12(18)15-11(8-21)17(20-16(9)15)10-4-6-14(22-2)13(19)7-10/h3-8,20H,1-2H3. The van der Waals surface area contributed by atoms with Crippen molar-refractivity contribution in [3.05, 3.63) is 52.3 Å². The van der Waals surface area contributed by atoms with E-state index >= 15 is 0 Å². The number of aldehydes is 1. The fourth-order valence-corrected chi connectivity index (χ4v) is 2.85. The number of methoxy groups -OCH3 is 1. The maximum atomic E-state index is 13.9. The first-order valence-electron chi connectivity index (χ1n) is 6.66. The maximum Gasteiger partial charge on any atom is 0.165 e. The molecule has 0 amide bonds. The van der Waals surface area contributed by atoms with Gasteiger partial charge in [0.2, 0.25) is 0 Å². The minimum atomic E-state index is -0.488. The first-order valence-corrected chi connectivity index (χ1v) is 7.04. The number of rotatable bonds is 3. The summed E-state index contributed by atoms with van der Waals surface area (Å²) in [7, 11) is 1.40. The molecular weight excluding hydrogens is 305 g/mol. The van der Waals surface area contributed by atoms with Gasteiger partial charge in [-0.25, -0.2) is 4.39 Å². The van der Waals surface area contributed by atoms with Gasteiger partial charge in [0.15, 0.2) is 17.9 Å². The Labute approximate surface area is 131 Å². The Kier molecular flexibility index (Phi) is 3.62. The van der Waals surface area contributed by atoms with Crippen LogP contribution in [0.2, 0.25) is 5.02 Å². The number of aromatic nitrogens is 1. The van der Waals surface area contributed by atoms with Gasteiger partial charge in [-0.05, 0) is 36.8 Å². The summed E-state index contributed by atoms with van der Waals surface area (Å²) in [5.41, 5.74) is 3.27. The van der Waals surface area contributed by atoms with Crippen LogP contribution in [0.3, 0.4) is 0 Å². The predicted octanol–water partition coefficient (Wildman–Crippen LogP) is 4.76. The fraction of sp³-hybridized carbons (Fsp3) is 0.118. The van der Waals surface area contributed by atoms with Crippen LogP contribution < -0.4 is 4.74 Å². The molecule has 2 aromatic carbocycles. The van der Waals surface area contributed by atoms with Gasteiger partial charge in [-0.2, -0.15) is 0 Å². The van der Waals surface area contributed by atoms with Gasteiger partial charge in [0.1, 0.15) is 0 Å². The molecule has 0 fully saturated rings. The summed E-state index contributed by atoms with van der Waals surface area (Å²) < 4.78 is 18.8. The van der Waals surface area contributed by atoms with Crippen molar-refractivity contribution in [3.63, 3.8) is 0 Å². The SMILES string of the molecule is COc1ccc(-c2[nH]c3c(C)ccc(Cl)c3c2C=O)cc1F. The van der Waals surface area contributed by atoms with Gasteiger partial charge in [0, 0.05) is 16.5 Å². The van der Waals surface area contributed by atoms with Crippen molar-refractivity contribution in [3.8, 4) is 17.0 Å². The topological polar surface area (TPSA) is 42.1 Å². The van der Waals surface area contributed by atoms with Crippen LogP contribution in [0.5, 0.6) is 5.75 Å². The highest BCUT2D eigenvalue weighted by Gasteiger charge is 2.17. The normalized spacial score (nSPS) is 10.9. The quantitative estimate of drug-likeness (QED) is 0.708. The second kappa shape index (κ2) is 5.46. The molecule has 0 saturated carbocycles. The molecule has 0 aliphatic heterocycles. The van der Waals surface area contributed by atoms with Crippen LogP contribution in [0, 0.1) is 12.7 Å². The number of halogens is 2. The van der Waals surface area contributed by atoms with E-state index in [1.54, 1.807) is 12.1 Å². The van der Waals surface area contributed by atoms with Gasteiger partial charge in [-0.15, -0.1) is 0 Å². The van der Waals surface area contributed by atoms with Gasteiger partial charge in [-0.3, -0.25) is 4.79 Å². The smallest absolute Gasteiger partial charge is 0.165 e. The zero-order chi connectivity index (χ0) is 15.9. The highest BCUT2D eigenvalue weighted by atomic mass is 35.5. The van der Waals surface area contributed by atoms with Gasteiger partial charge in [0.05, 0.1) is 23.3 Å². The summed E-state index contributed by atoms with van der Waals surface area (Å²) >= 11 is 6.22. The molecule has 112 valence electrons. The molecule has 5 heteroatoms. The van der Waals surface area contributed by atoms with Crippen LogP contribution in [0.15, 0.2) is 30.3 Å². The molecule has 0 saturated heterocycles. The Hall–Kier alpha value is -2.33. The minimum Gasteiger partial charge on any atom is -0.494 e. The monoisotopic (exact) mass is 317 g/mol. The van der Waals surface area contributed by atoms with Crippen molar-refractivity contribution >= 4 is 28.8 Å². The lowest BCUT2D eigenvalue weighted by Crippen LogP contribution is -1.90. The number of H-pyrrole nitrogens is 1. The number of ether oxygens (including phenoxy) is 1. The van der Waals surface area contributed by atoms with E-state index in [1.165, 1.54) is 19.2 Å². The van der Waals surface area contributed by atoms with E-state index in [1.807, 2.05) is 13.0 Å². The number of fused-ring (bicyclic) bond motifs is 1. The highest BCUT2D eigenvalue weighted by molar-refractivity contribution is 6.37. The van der Waals surface area contributed by atoms with Crippen LogP contribution in [0.4, 0.5) is 4.39 Å². The molecule has 3 nitrogen and oxygen atoms in total. The third kappa shape index (κ3) is 2.16. The van der Waals surface area contributed by atoms with Crippen molar-refractivity contribution in [2.45, 2.75) is 6.92 Å². The summed E-state index contributed by atoms with van der Waals surface area (Å²) in [5.74, 6) is -0.333. The Morgan fingerprint density at radius 3 is 2.68 bits per heavy atom. The first kappa shape index (κ1) is 14.6. The van der Waals surface area contributed by atoms with Crippen LogP contribution in [-0.2, 0) is 0 Å². The zero-order valence-electron chi connectivity index (χ0n) is 12.0. The Bertz CT molecular complexity index is 886. The highest BCUT2D eigenvalue weighted by Crippen LogP contribution is 2.36. The predicted molar refractivity (Wildman–Crippen MR) is 85.4 cm³/mol. The second-order valence-electron chi connectivity index (χ2n) is 5.00. The Morgan fingerprint density at radius 2 is 2.05 bits per heavy atom. The molecular formula is C17H13ClFNO2. The van der Waals surface area contributed by atoms with E-state index in [4.69, 9.17) is 16.3 Å². The van der Waals surface area contributed by atoms with Crippen molar-refractivity contribution in [1.82, 2.24) is 4.98 Å². The molecule has 0 atom stereocenters. The largest absolute Gasteiger partial charge is 0.494 e. The zero-order valence-corrected chi connectivity index (χ0v) is 12.8. The number of benzene rings is 2. The molecule has 3 aromatic rings. The van der Waals surface area contributed by atoms with E-state index in [-0.39, 0.29) is 5.75 Å². The lowest BCUT2D eigenvalue weighted by molar-refractivity contribution is 0.112. The summed E-state index contributed by atoms with van der Waals surface area (Å²) in [6.07, 6.45) is 0.738. The number of carbonyl (C=O) groups is 1. The van der Waals surface area contributed by atoms with E-state index in [0.29, 0.717) is 27.2 Å². The third-order valence-electron chi connectivity index (χ3n) is 3.71. The molecule has 1 aromatic heterocycles. The molecule has 0 aliphatic carbocycles. The fourth-order valence-electron chi connectivity index (χ4n) is 2.59. The number of hydrogen-bond donors (Lipinski definition) is 1. The summed E-state index contributed by atoms with van der Waals surface area (Å²) in [6.45, 7) is 1.92. The number of aromatic amines is 1. The summed E-state index contributed by atoms with van der Waals surface area (Å²) in [4.78, 5) is 14.7. The number of aryl methyl sites for hydroxylation is 1. The average molecular weight is 318 g/mol. The lowest BCUT2D eigenvalue weighted by Gasteiger charge is -2.04. The van der Waals surface area contributed by atoms with Crippen molar-refractivity contribution in [2.75, 3.05) is 7.11 Å². The van der Waals surface area contributed by atoms with Crippen molar-refractivity contribution < 1.29 is 13.9 Å². The molecule has 0 aliphatic rings. The van der Waals surface area contributed by atoms with Crippen molar-refractivity contribution in [1.29, 1.82) is 0 Å². The maximum absolute atomic E-state index is 13.9. The molecule has 3 rings (SSSR count). The van der Waals surface area contributed by atoms with E-state index in [2.05, 4.69) is 4.98 Å². The van der Waals surface area contributed by atoms with Gasteiger partial charge >= 0.3 is 0 Å². The third-order valence-corrected chi connectivity index (χ3v) is 4.02. The van der Waals surface area contributed by atoms with Gasteiger partial charge in [-0.1, -0.05) is 17.7 Å².